The first-order valence-electron chi connectivity index (χ1n) is 34.4. The molecule has 0 bridgehead atoms. The molecule has 79 heavy (non-hydrogen) atoms. The van der Waals surface area contributed by atoms with E-state index in [0.717, 1.165) is 96.3 Å². The predicted octanol–water partition coefficient (Wildman–Crippen LogP) is 23.7. The number of hydrogen-bond acceptors (Lipinski definition) is 6. The molecule has 0 saturated heterocycles. The van der Waals surface area contributed by atoms with Crippen LogP contribution in [0.15, 0.2) is 72.9 Å². The van der Waals surface area contributed by atoms with Gasteiger partial charge in [-0.1, -0.05) is 338 Å². The topological polar surface area (TPSA) is 78.9 Å². The molecule has 0 aromatic carbocycles. The van der Waals surface area contributed by atoms with Crippen LogP contribution in [-0.2, 0) is 28.6 Å². The maximum Gasteiger partial charge on any atom is 0.306 e. The van der Waals surface area contributed by atoms with Crippen LogP contribution in [0, 0.1) is 0 Å². The van der Waals surface area contributed by atoms with Crippen molar-refractivity contribution in [1.82, 2.24) is 0 Å². The third-order valence-corrected chi connectivity index (χ3v) is 15.2. The Hall–Kier alpha value is -3.15. The van der Waals surface area contributed by atoms with Gasteiger partial charge in [0.1, 0.15) is 13.2 Å². The van der Waals surface area contributed by atoms with Gasteiger partial charge in [0.15, 0.2) is 6.10 Å². The van der Waals surface area contributed by atoms with Crippen molar-refractivity contribution >= 4 is 17.9 Å². The molecular weight excluding hydrogens is 973 g/mol. The fourth-order valence-corrected chi connectivity index (χ4v) is 10.1. The van der Waals surface area contributed by atoms with Gasteiger partial charge in [0, 0.05) is 19.3 Å². The van der Waals surface area contributed by atoms with Crippen LogP contribution in [0.2, 0.25) is 0 Å². The standard InChI is InChI=1S/C73H130O6/c1-4-7-10-13-16-19-22-24-26-28-29-30-31-32-33-34-35-36-37-38-39-40-41-42-43-44-45-46-48-49-51-54-57-60-63-66-72(75)78-69-70(68-77-71(74)65-62-59-56-53-21-18-15-12-9-6-3)79-73(76)67-64-61-58-55-52-50-47-27-25-23-20-17-14-11-8-5-2/h7,10,16,19,24,26,29-30,32-33,35-36,70H,4-6,8-9,11-15,17-18,20-23,25,27-28,31,34,37-69H2,1-3H3/b10-7-,19-16-,26-24-,30-29-,33-32-,36-35-. The lowest BCUT2D eigenvalue weighted by Gasteiger charge is -2.18. The third kappa shape index (κ3) is 65.5. The Balaban J connectivity index is 4.06. The van der Waals surface area contributed by atoms with E-state index >= 15 is 0 Å². The van der Waals surface area contributed by atoms with Crippen molar-refractivity contribution in [2.75, 3.05) is 13.2 Å². The Morgan fingerprint density at radius 2 is 0.494 bits per heavy atom. The van der Waals surface area contributed by atoms with E-state index in [2.05, 4.69) is 93.7 Å². The van der Waals surface area contributed by atoms with E-state index in [1.165, 1.54) is 218 Å². The molecule has 0 spiro atoms. The highest BCUT2D eigenvalue weighted by atomic mass is 16.6. The van der Waals surface area contributed by atoms with Gasteiger partial charge in [0.25, 0.3) is 0 Å². The smallest absolute Gasteiger partial charge is 0.306 e. The molecule has 0 fully saturated rings. The number of carbonyl (C=O) groups is 3. The molecular formula is C73H130O6. The molecule has 458 valence electrons. The number of carbonyl (C=O) groups excluding carboxylic acids is 3. The van der Waals surface area contributed by atoms with Crippen molar-refractivity contribution in [3.63, 3.8) is 0 Å². The lowest BCUT2D eigenvalue weighted by molar-refractivity contribution is -0.167. The number of ether oxygens (including phenoxy) is 3. The van der Waals surface area contributed by atoms with Crippen LogP contribution in [0.4, 0.5) is 0 Å². The van der Waals surface area contributed by atoms with Crippen LogP contribution in [0.25, 0.3) is 0 Å². The van der Waals surface area contributed by atoms with Gasteiger partial charge in [0.2, 0.25) is 0 Å². The second-order valence-corrected chi connectivity index (χ2v) is 23.1. The Labute approximate surface area is 491 Å². The summed E-state index contributed by atoms with van der Waals surface area (Å²) in [4.78, 5) is 38.2. The van der Waals surface area contributed by atoms with Crippen LogP contribution in [0.5, 0.6) is 0 Å². The van der Waals surface area contributed by atoms with Gasteiger partial charge in [0.05, 0.1) is 0 Å². The molecule has 6 nitrogen and oxygen atoms in total. The molecule has 0 saturated carbocycles. The zero-order valence-corrected chi connectivity index (χ0v) is 52.6. The molecule has 0 aliphatic carbocycles. The largest absolute Gasteiger partial charge is 0.462 e. The van der Waals surface area contributed by atoms with Crippen LogP contribution < -0.4 is 0 Å². The third-order valence-electron chi connectivity index (χ3n) is 15.2. The summed E-state index contributed by atoms with van der Waals surface area (Å²) in [6.07, 6.45) is 88.0. The Bertz CT molecular complexity index is 1450. The number of unbranched alkanes of at least 4 members (excludes halogenated alkanes) is 40. The van der Waals surface area contributed by atoms with E-state index in [1.54, 1.807) is 0 Å². The van der Waals surface area contributed by atoms with E-state index in [0.29, 0.717) is 19.3 Å². The molecule has 1 atom stereocenters. The highest BCUT2D eigenvalue weighted by Gasteiger charge is 2.19. The second-order valence-electron chi connectivity index (χ2n) is 23.1. The average Bonchev–Trinajstić information content (AvgIpc) is 3.45. The first-order valence-corrected chi connectivity index (χ1v) is 34.4. The van der Waals surface area contributed by atoms with Crippen molar-refractivity contribution in [1.29, 1.82) is 0 Å². The zero-order chi connectivity index (χ0) is 57.1. The summed E-state index contributed by atoms with van der Waals surface area (Å²) in [6, 6.07) is 0. The summed E-state index contributed by atoms with van der Waals surface area (Å²) in [7, 11) is 0. The SMILES string of the molecule is CC/C=C\C/C=C\C/C=C\C/C=C\C/C=C\C/C=C\CCCCCCCCCCCCCCCCCCC(=O)OCC(COC(=O)CCCCCCCCCCCC)OC(=O)CCCCCCCCCCCCCCCCCC. The van der Waals surface area contributed by atoms with E-state index in [9.17, 15) is 14.4 Å². The molecule has 0 aliphatic rings. The van der Waals surface area contributed by atoms with Gasteiger partial charge < -0.3 is 14.2 Å². The van der Waals surface area contributed by atoms with Gasteiger partial charge in [-0.25, -0.2) is 0 Å². The number of esters is 3. The van der Waals surface area contributed by atoms with Gasteiger partial charge in [-0.2, -0.15) is 0 Å². The van der Waals surface area contributed by atoms with Gasteiger partial charge in [-0.3, -0.25) is 14.4 Å². The van der Waals surface area contributed by atoms with E-state index < -0.39 is 6.10 Å². The number of allylic oxidation sites excluding steroid dienone is 12. The van der Waals surface area contributed by atoms with Crippen molar-refractivity contribution in [3.8, 4) is 0 Å². The first-order chi connectivity index (χ1) is 39.0. The van der Waals surface area contributed by atoms with Crippen molar-refractivity contribution in [2.24, 2.45) is 0 Å². The minimum Gasteiger partial charge on any atom is -0.462 e. The normalized spacial score (nSPS) is 12.5. The lowest BCUT2D eigenvalue weighted by Crippen LogP contribution is -2.30. The molecule has 0 heterocycles. The molecule has 1 unspecified atom stereocenters. The van der Waals surface area contributed by atoms with Crippen LogP contribution in [-0.4, -0.2) is 37.2 Å². The summed E-state index contributed by atoms with van der Waals surface area (Å²) < 4.78 is 16.9. The fourth-order valence-electron chi connectivity index (χ4n) is 10.1. The van der Waals surface area contributed by atoms with Crippen LogP contribution >= 0.6 is 0 Å². The monoisotopic (exact) mass is 1100 g/mol. The van der Waals surface area contributed by atoms with Gasteiger partial charge >= 0.3 is 17.9 Å². The molecule has 0 N–H and O–H groups in total. The summed E-state index contributed by atoms with van der Waals surface area (Å²) in [5.41, 5.74) is 0. The molecule has 0 aliphatic heterocycles. The maximum atomic E-state index is 12.9. The van der Waals surface area contributed by atoms with E-state index in [-0.39, 0.29) is 31.1 Å². The Kier molecular flexibility index (Phi) is 64.7. The predicted molar refractivity (Wildman–Crippen MR) is 344 cm³/mol. The molecule has 6 heteroatoms. The number of hydrogen-bond donors (Lipinski definition) is 0. The minimum absolute atomic E-state index is 0.0676. The maximum absolute atomic E-state index is 12.9. The molecule has 0 amide bonds. The molecule has 0 rings (SSSR count). The minimum atomic E-state index is -0.769. The summed E-state index contributed by atoms with van der Waals surface area (Å²) in [6.45, 7) is 6.56. The van der Waals surface area contributed by atoms with Crippen molar-refractivity contribution in [2.45, 2.75) is 361 Å². The highest BCUT2D eigenvalue weighted by molar-refractivity contribution is 5.71. The van der Waals surface area contributed by atoms with E-state index in [1.807, 2.05) is 0 Å². The summed E-state index contributed by atoms with van der Waals surface area (Å²) in [5, 5.41) is 0. The Morgan fingerprint density at radius 3 is 0.772 bits per heavy atom. The fraction of sp³-hybridized carbons (Fsp3) is 0.795. The lowest BCUT2D eigenvalue weighted by atomic mass is 10.0. The number of rotatable bonds is 63. The molecule has 0 aromatic heterocycles. The van der Waals surface area contributed by atoms with Crippen molar-refractivity contribution < 1.29 is 28.6 Å². The highest BCUT2D eigenvalue weighted by Crippen LogP contribution is 2.18. The zero-order valence-electron chi connectivity index (χ0n) is 52.6. The average molecular weight is 1100 g/mol. The Morgan fingerprint density at radius 1 is 0.266 bits per heavy atom. The summed E-state index contributed by atoms with van der Waals surface area (Å²) in [5.74, 6) is -0.847. The first kappa shape index (κ1) is 75.8. The molecule has 0 aromatic rings. The second kappa shape index (κ2) is 67.4. The summed E-state index contributed by atoms with van der Waals surface area (Å²) >= 11 is 0. The van der Waals surface area contributed by atoms with E-state index in [4.69, 9.17) is 14.2 Å². The van der Waals surface area contributed by atoms with Crippen LogP contribution in [0.3, 0.4) is 0 Å². The van der Waals surface area contributed by atoms with Crippen LogP contribution in [0.1, 0.15) is 355 Å². The van der Waals surface area contributed by atoms with Gasteiger partial charge in [-0.15, -0.1) is 0 Å². The molecule has 0 radical (unpaired) electrons. The quantitative estimate of drug-likeness (QED) is 0.0261. The van der Waals surface area contributed by atoms with Crippen molar-refractivity contribution in [3.05, 3.63) is 72.9 Å². The van der Waals surface area contributed by atoms with Gasteiger partial charge in [-0.05, 0) is 70.6 Å².